The molecule has 2 aromatic rings. The molecule has 1 aliphatic heterocycles. The summed E-state index contributed by atoms with van der Waals surface area (Å²) in [6.45, 7) is 5.17. The fraction of sp³-hybridized carbons (Fsp3) is 0.350. The highest BCUT2D eigenvalue weighted by atomic mass is 16.5. The van der Waals surface area contributed by atoms with Crippen LogP contribution in [0.25, 0.3) is 6.08 Å². The molecule has 0 N–H and O–H groups in total. The molecule has 1 aliphatic rings. The molecule has 3 rings (SSSR count). The molecule has 1 saturated heterocycles. The van der Waals surface area contributed by atoms with Crippen molar-refractivity contribution in [2.45, 2.75) is 32.8 Å². The average molecular weight is 337 g/mol. The first kappa shape index (κ1) is 17.1. The lowest BCUT2D eigenvalue weighted by molar-refractivity contribution is -0.128. The third-order valence-corrected chi connectivity index (χ3v) is 4.14. The highest BCUT2D eigenvalue weighted by Crippen LogP contribution is 2.17. The molecule has 25 heavy (non-hydrogen) atoms. The fourth-order valence-electron chi connectivity index (χ4n) is 2.97. The molecule has 5 nitrogen and oxygen atoms in total. The van der Waals surface area contributed by atoms with Crippen LogP contribution in [-0.4, -0.2) is 40.0 Å². The van der Waals surface area contributed by atoms with Crippen LogP contribution in [0.2, 0.25) is 0 Å². The third-order valence-electron chi connectivity index (χ3n) is 4.14. The summed E-state index contributed by atoms with van der Waals surface area (Å²) in [6, 6.07) is 12.1. The van der Waals surface area contributed by atoms with Crippen LogP contribution in [0.3, 0.4) is 0 Å². The molecule has 1 aromatic heterocycles. The number of aryl methyl sites for hydroxylation is 2. The van der Waals surface area contributed by atoms with E-state index in [0.29, 0.717) is 12.6 Å². The van der Waals surface area contributed by atoms with Crippen molar-refractivity contribution in [3.05, 3.63) is 59.4 Å². The van der Waals surface area contributed by atoms with Crippen molar-refractivity contribution < 1.29 is 9.53 Å². The number of nitrogens with zero attached hydrogens (tertiary/aromatic N) is 3. The molecule has 0 radical (unpaired) electrons. The van der Waals surface area contributed by atoms with E-state index < -0.39 is 0 Å². The number of hydrogen-bond donors (Lipinski definition) is 0. The monoisotopic (exact) mass is 337 g/mol. The SMILES string of the molecule is Cc1cc(C)nc(OC2CCCN(C(=O)/C=C/c3ccccc3)C2)n1. The van der Waals surface area contributed by atoms with Gasteiger partial charge in [0.2, 0.25) is 5.91 Å². The summed E-state index contributed by atoms with van der Waals surface area (Å²) in [5.41, 5.74) is 2.79. The van der Waals surface area contributed by atoms with E-state index in [1.54, 1.807) is 6.08 Å². The number of rotatable bonds is 4. The zero-order valence-corrected chi connectivity index (χ0v) is 14.7. The van der Waals surface area contributed by atoms with Crippen LogP contribution in [0.4, 0.5) is 0 Å². The van der Waals surface area contributed by atoms with Gasteiger partial charge in [-0.1, -0.05) is 30.3 Å². The molecular weight excluding hydrogens is 314 g/mol. The second-order valence-corrected chi connectivity index (χ2v) is 6.34. The standard InChI is InChI=1S/C20H23N3O2/c1-15-13-16(2)22-20(21-15)25-18-9-6-12-23(14-18)19(24)11-10-17-7-4-3-5-8-17/h3-5,7-8,10-11,13,18H,6,9,12,14H2,1-2H3/b11-10+. The Bertz CT molecular complexity index is 739. The Hall–Kier alpha value is -2.69. The molecule has 0 aliphatic carbocycles. The van der Waals surface area contributed by atoms with E-state index in [1.807, 2.05) is 61.2 Å². The molecule has 0 saturated carbocycles. The van der Waals surface area contributed by atoms with Crippen LogP contribution < -0.4 is 4.74 Å². The number of benzene rings is 1. The minimum atomic E-state index is -0.0657. The van der Waals surface area contributed by atoms with E-state index in [2.05, 4.69) is 9.97 Å². The summed E-state index contributed by atoms with van der Waals surface area (Å²) in [5.74, 6) is 0.0125. The predicted molar refractivity (Wildman–Crippen MR) is 97.2 cm³/mol. The Balaban J connectivity index is 1.60. The van der Waals surface area contributed by atoms with Crippen LogP contribution in [0.15, 0.2) is 42.5 Å². The lowest BCUT2D eigenvalue weighted by atomic mass is 10.1. The molecule has 130 valence electrons. The molecule has 5 heteroatoms. The van der Waals surface area contributed by atoms with Gasteiger partial charge in [0.05, 0.1) is 6.54 Å². The van der Waals surface area contributed by atoms with Crippen LogP contribution in [0.5, 0.6) is 6.01 Å². The van der Waals surface area contributed by atoms with E-state index in [1.165, 1.54) is 0 Å². The van der Waals surface area contributed by atoms with E-state index in [4.69, 9.17) is 4.74 Å². The van der Waals surface area contributed by atoms with Gasteiger partial charge in [-0.05, 0) is 44.4 Å². The van der Waals surface area contributed by atoms with Crippen LogP contribution >= 0.6 is 0 Å². The van der Waals surface area contributed by atoms with Crippen LogP contribution in [0, 0.1) is 13.8 Å². The van der Waals surface area contributed by atoms with E-state index in [0.717, 1.165) is 36.3 Å². The van der Waals surface area contributed by atoms with Crippen molar-refractivity contribution >= 4 is 12.0 Å². The van der Waals surface area contributed by atoms with Gasteiger partial charge < -0.3 is 9.64 Å². The van der Waals surface area contributed by atoms with Gasteiger partial charge in [-0.3, -0.25) is 4.79 Å². The molecule has 1 atom stereocenters. The Morgan fingerprint density at radius 1 is 1.20 bits per heavy atom. The lowest BCUT2D eigenvalue weighted by Crippen LogP contribution is -2.44. The van der Waals surface area contributed by atoms with E-state index in [-0.39, 0.29) is 12.0 Å². The Kier molecular flexibility index (Phi) is 5.43. The Morgan fingerprint density at radius 2 is 1.92 bits per heavy atom. The first-order valence-corrected chi connectivity index (χ1v) is 8.61. The molecular formula is C20H23N3O2. The number of amides is 1. The van der Waals surface area contributed by atoms with Crippen molar-refractivity contribution in [2.75, 3.05) is 13.1 Å². The summed E-state index contributed by atoms with van der Waals surface area (Å²) >= 11 is 0. The normalized spacial score (nSPS) is 17.7. The maximum Gasteiger partial charge on any atom is 0.317 e. The fourth-order valence-corrected chi connectivity index (χ4v) is 2.97. The number of aromatic nitrogens is 2. The average Bonchev–Trinajstić information content (AvgIpc) is 2.60. The lowest BCUT2D eigenvalue weighted by Gasteiger charge is -2.31. The van der Waals surface area contributed by atoms with Gasteiger partial charge >= 0.3 is 6.01 Å². The van der Waals surface area contributed by atoms with Crippen LogP contribution in [0.1, 0.15) is 29.8 Å². The largest absolute Gasteiger partial charge is 0.458 e. The second kappa shape index (κ2) is 7.92. The zero-order valence-electron chi connectivity index (χ0n) is 14.7. The maximum absolute atomic E-state index is 12.4. The summed E-state index contributed by atoms with van der Waals surface area (Å²) in [6.07, 6.45) is 5.23. The summed E-state index contributed by atoms with van der Waals surface area (Å²) in [4.78, 5) is 22.9. The Labute approximate surface area is 148 Å². The van der Waals surface area contributed by atoms with Gasteiger partial charge in [-0.2, -0.15) is 0 Å². The molecule has 2 heterocycles. The zero-order chi connectivity index (χ0) is 17.6. The third kappa shape index (κ3) is 4.89. The Morgan fingerprint density at radius 3 is 2.64 bits per heavy atom. The first-order valence-electron chi connectivity index (χ1n) is 8.61. The maximum atomic E-state index is 12.4. The number of carbonyl (C=O) groups is 1. The number of likely N-dealkylation sites (tertiary alicyclic amines) is 1. The molecule has 1 aromatic carbocycles. The molecule has 0 bridgehead atoms. The van der Waals surface area contributed by atoms with Gasteiger partial charge in [0, 0.05) is 24.0 Å². The minimum Gasteiger partial charge on any atom is -0.458 e. The number of carbonyl (C=O) groups excluding carboxylic acids is 1. The van der Waals surface area contributed by atoms with Gasteiger partial charge in [0.25, 0.3) is 0 Å². The van der Waals surface area contributed by atoms with Crippen molar-refractivity contribution in [1.82, 2.24) is 14.9 Å². The highest BCUT2D eigenvalue weighted by Gasteiger charge is 2.24. The number of ether oxygens (including phenoxy) is 1. The van der Waals surface area contributed by atoms with Crippen molar-refractivity contribution in [2.24, 2.45) is 0 Å². The molecule has 1 fully saturated rings. The topological polar surface area (TPSA) is 55.3 Å². The summed E-state index contributed by atoms with van der Waals surface area (Å²) in [7, 11) is 0. The van der Waals surface area contributed by atoms with Crippen molar-refractivity contribution in [3.8, 4) is 6.01 Å². The van der Waals surface area contributed by atoms with E-state index >= 15 is 0 Å². The molecule has 1 unspecified atom stereocenters. The number of hydrogen-bond acceptors (Lipinski definition) is 4. The van der Waals surface area contributed by atoms with Crippen molar-refractivity contribution in [3.63, 3.8) is 0 Å². The van der Waals surface area contributed by atoms with Gasteiger partial charge in [-0.25, -0.2) is 9.97 Å². The van der Waals surface area contributed by atoms with Crippen LogP contribution in [-0.2, 0) is 4.79 Å². The first-order chi connectivity index (χ1) is 12.1. The quantitative estimate of drug-likeness (QED) is 0.804. The smallest absolute Gasteiger partial charge is 0.317 e. The highest BCUT2D eigenvalue weighted by molar-refractivity contribution is 5.91. The predicted octanol–water partition coefficient (Wildman–Crippen LogP) is 3.18. The molecule has 0 spiro atoms. The summed E-state index contributed by atoms with van der Waals surface area (Å²) < 4.78 is 5.92. The van der Waals surface area contributed by atoms with Crippen molar-refractivity contribution in [1.29, 1.82) is 0 Å². The summed E-state index contributed by atoms with van der Waals surface area (Å²) in [5, 5.41) is 0. The second-order valence-electron chi connectivity index (χ2n) is 6.34. The van der Waals surface area contributed by atoms with Gasteiger partial charge in [0.15, 0.2) is 0 Å². The van der Waals surface area contributed by atoms with Gasteiger partial charge in [0.1, 0.15) is 6.10 Å². The van der Waals surface area contributed by atoms with E-state index in [9.17, 15) is 4.79 Å². The minimum absolute atomic E-state index is 0.0125. The molecule has 1 amide bonds. The van der Waals surface area contributed by atoms with Gasteiger partial charge in [-0.15, -0.1) is 0 Å². The number of piperidine rings is 1.